The topological polar surface area (TPSA) is 9.23 Å². The lowest BCUT2D eigenvalue weighted by Gasteiger charge is -1.95. The first kappa shape index (κ1) is 11.5. The summed E-state index contributed by atoms with van der Waals surface area (Å²) in [6, 6.07) is 10.1. The maximum absolute atomic E-state index is 11.6. The van der Waals surface area contributed by atoms with Crippen molar-refractivity contribution < 1.29 is 9.13 Å². The van der Waals surface area contributed by atoms with E-state index in [2.05, 4.69) is 0 Å². The Morgan fingerprint density at radius 3 is 2.21 bits per heavy atom. The molecule has 0 spiro atoms. The van der Waals surface area contributed by atoms with E-state index >= 15 is 0 Å². The van der Waals surface area contributed by atoms with Gasteiger partial charge in [-0.05, 0) is 18.4 Å². The van der Waals surface area contributed by atoms with Gasteiger partial charge in [0.15, 0.2) is 5.13 Å². The minimum absolute atomic E-state index is 0.550. The first-order valence-electron chi connectivity index (χ1n) is 4.55. The largest absolute Gasteiger partial charge is 0.380 e. The Hall–Kier alpha value is -0.600. The zero-order valence-corrected chi connectivity index (χ0v) is 8.93. The summed E-state index contributed by atoms with van der Waals surface area (Å²) in [4.78, 5) is 0. The summed E-state index contributed by atoms with van der Waals surface area (Å²) in [5.74, 6) is 0. The number of benzene rings is 1. The van der Waals surface area contributed by atoms with Gasteiger partial charge in [-0.2, -0.15) is 0 Å². The summed E-state index contributed by atoms with van der Waals surface area (Å²) in [6.07, 6.45) is 1.10. The molecule has 2 rings (SSSR count). The molecule has 1 saturated carbocycles. The minimum Gasteiger partial charge on any atom is -0.380 e. The molecule has 0 radical (unpaired) electrons. The molecule has 1 aromatic rings. The van der Waals surface area contributed by atoms with E-state index in [0.29, 0.717) is 19.4 Å². The number of ether oxygens (including phenoxy) is 1. The fraction of sp³-hybridized carbons (Fsp3) is 0.455. The van der Waals surface area contributed by atoms with Crippen LogP contribution >= 0.6 is 11.6 Å². The number of hydrogen-bond donors (Lipinski definition) is 0. The summed E-state index contributed by atoms with van der Waals surface area (Å²) in [5.41, 5.74) is 1.22. The Labute approximate surface area is 88.8 Å². The summed E-state index contributed by atoms with van der Waals surface area (Å²) in [5, 5.41) is -1.28. The van der Waals surface area contributed by atoms with Crippen molar-refractivity contribution in [1.82, 2.24) is 0 Å². The van der Waals surface area contributed by atoms with Crippen LogP contribution in [0.5, 0.6) is 0 Å². The van der Waals surface area contributed by atoms with E-state index in [1.54, 1.807) is 7.11 Å². The van der Waals surface area contributed by atoms with E-state index in [1.807, 2.05) is 30.3 Å². The molecule has 78 valence electrons. The molecule has 1 fully saturated rings. The quantitative estimate of drug-likeness (QED) is 0.688. The second-order valence-electron chi connectivity index (χ2n) is 3.27. The van der Waals surface area contributed by atoms with E-state index in [4.69, 9.17) is 16.3 Å². The fourth-order valence-electron chi connectivity index (χ4n) is 0.835. The summed E-state index contributed by atoms with van der Waals surface area (Å²) < 4.78 is 16.5. The van der Waals surface area contributed by atoms with Gasteiger partial charge in [0.1, 0.15) is 0 Å². The van der Waals surface area contributed by atoms with Crippen LogP contribution in [-0.2, 0) is 11.3 Å². The molecule has 0 bridgehead atoms. The van der Waals surface area contributed by atoms with Gasteiger partial charge in [-0.15, -0.1) is 0 Å². The van der Waals surface area contributed by atoms with Crippen LogP contribution in [0, 0.1) is 0 Å². The van der Waals surface area contributed by atoms with Gasteiger partial charge in [0.2, 0.25) is 0 Å². The normalized spacial score (nSPS) is 16.8. The van der Waals surface area contributed by atoms with Gasteiger partial charge in [0.05, 0.1) is 6.61 Å². The lowest BCUT2D eigenvalue weighted by molar-refractivity contribution is 0.185. The van der Waals surface area contributed by atoms with Crippen molar-refractivity contribution >= 4 is 11.6 Å². The second kappa shape index (κ2) is 5.32. The first-order chi connectivity index (χ1) is 6.64. The summed E-state index contributed by atoms with van der Waals surface area (Å²) in [7, 11) is 1.70. The number of hydrogen-bond acceptors (Lipinski definition) is 1. The van der Waals surface area contributed by atoms with Gasteiger partial charge in [-0.25, -0.2) is 4.39 Å². The van der Waals surface area contributed by atoms with Crippen LogP contribution < -0.4 is 0 Å². The zero-order chi connectivity index (χ0) is 10.4. The third-order valence-corrected chi connectivity index (χ3v) is 2.16. The standard InChI is InChI=1S/C8H10O.C3H4ClF/c1-9-7-8-5-3-2-4-6-8;4-3(5)1-2-3/h2-6H,7H2,1H3;1-2H2. The van der Waals surface area contributed by atoms with E-state index in [-0.39, 0.29) is 0 Å². The highest BCUT2D eigenvalue weighted by Gasteiger charge is 2.40. The van der Waals surface area contributed by atoms with Crippen LogP contribution in [0.25, 0.3) is 0 Å². The lowest BCUT2D eigenvalue weighted by Crippen LogP contribution is -1.84. The Morgan fingerprint density at radius 2 is 1.86 bits per heavy atom. The van der Waals surface area contributed by atoms with E-state index in [9.17, 15) is 4.39 Å². The molecule has 0 N–H and O–H groups in total. The number of rotatable bonds is 2. The third kappa shape index (κ3) is 5.20. The van der Waals surface area contributed by atoms with Crippen molar-refractivity contribution in [3.63, 3.8) is 0 Å². The second-order valence-corrected chi connectivity index (χ2v) is 3.95. The van der Waals surface area contributed by atoms with Crippen molar-refractivity contribution in [2.24, 2.45) is 0 Å². The van der Waals surface area contributed by atoms with Crippen LogP contribution in [0.15, 0.2) is 30.3 Å². The van der Waals surface area contributed by atoms with Crippen molar-refractivity contribution in [3.05, 3.63) is 35.9 Å². The SMILES string of the molecule is COCc1ccccc1.FC1(Cl)CC1. The van der Waals surface area contributed by atoms with Crippen LogP contribution in [0.4, 0.5) is 4.39 Å². The number of methoxy groups -OCH3 is 1. The molecule has 1 nitrogen and oxygen atoms in total. The van der Waals surface area contributed by atoms with Gasteiger partial charge in [0.25, 0.3) is 0 Å². The molecule has 0 atom stereocenters. The maximum atomic E-state index is 11.6. The lowest BCUT2D eigenvalue weighted by atomic mass is 10.2. The molecule has 3 heteroatoms. The molecule has 0 aliphatic heterocycles. The average Bonchev–Trinajstić information content (AvgIpc) is 2.85. The Balaban J connectivity index is 0.000000165. The van der Waals surface area contributed by atoms with Crippen molar-refractivity contribution in [3.8, 4) is 0 Å². The van der Waals surface area contributed by atoms with Crippen molar-refractivity contribution in [2.75, 3.05) is 7.11 Å². The molecular weight excluding hydrogens is 203 g/mol. The molecule has 0 unspecified atom stereocenters. The molecule has 14 heavy (non-hydrogen) atoms. The summed E-state index contributed by atoms with van der Waals surface area (Å²) >= 11 is 4.97. The Morgan fingerprint density at radius 1 is 1.36 bits per heavy atom. The van der Waals surface area contributed by atoms with Gasteiger partial charge in [-0.3, -0.25) is 0 Å². The predicted molar refractivity (Wildman–Crippen MR) is 56.1 cm³/mol. The van der Waals surface area contributed by atoms with Gasteiger partial charge in [0, 0.05) is 7.11 Å². The Bertz CT molecular complexity index is 255. The average molecular weight is 217 g/mol. The zero-order valence-electron chi connectivity index (χ0n) is 8.17. The van der Waals surface area contributed by atoms with Crippen LogP contribution in [0.3, 0.4) is 0 Å². The monoisotopic (exact) mass is 216 g/mol. The van der Waals surface area contributed by atoms with Crippen LogP contribution in [0.2, 0.25) is 0 Å². The molecule has 0 amide bonds. The van der Waals surface area contributed by atoms with Crippen molar-refractivity contribution in [1.29, 1.82) is 0 Å². The van der Waals surface area contributed by atoms with Crippen molar-refractivity contribution in [2.45, 2.75) is 24.6 Å². The van der Waals surface area contributed by atoms with Crippen LogP contribution in [-0.4, -0.2) is 12.2 Å². The van der Waals surface area contributed by atoms with E-state index < -0.39 is 5.13 Å². The van der Waals surface area contributed by atoms with Gasteiger partial charge < -0.3 is 4.74 Å². The first-order valence-corrected chi connectivity index (χ1v) is 4.92. The number of alkyl halides is 2. The predicted octanol–water partition coefficient (Wildman–Crippen LogP) is 3.52. The van der Waals surface area contributed by atoms with Gasteiger partial charge >= 0.3 is 0 Å². The fourth-order valence-corrected chi connectivity index (χ4v) is 0.930. The molecule has 1 aliphatic carbocycles. The highest BCUT2D eigenvalue weighted by molar-refractivity contribution is 6.24. The molecule has 0 saturated heterocycles. The van der Waals surface area contributed by atoms with Crippen LogP contribution in [0.1, 0.15) is 18.4 Å². The molecule has 1 aromatic carbocycles. The molecule has 0 aromatic heterocycles. The molecule has 1 aliphatic rings. The molecule has 0 heterocycles. The smallest absolute Gasteiger partial charge is 0.184 e. The summed E-state index contributed by atoms with van der Waals surface area (Å²) in [6.45, 7) is 0.709. The van der Waals surface area contributed by atoms with E-state index in [1.165, 1.54) is 5.56 Å². The number of halogens is 2. The van der Waals surface area contributed by atoms with Gasteiger partial charge in [-0.1, -0.05) is 41.9 Å². The highest BCUT2D eigenvalue weighted by Crippen LogP contribution is 2.43. The maximum Gasteiger partial charge on any atom is 0.184 e. The molecular formula is C11H14ClFO. The third-order valence-electron chi connectivity index (χ3n) is 1.78. The van der Waals surface area contributed by atoms with E-state index in [0.717, 1.165) is 0 Å². The minimum atomic E-state index is -1.28. The Kier molecular flexibility index (Phi) is 4.36. The highest BCUT2D eigenvalue weighted by atomic mass is 35.5.